The molecule has 0 aliphatic carbocycles. The first-order chi connectivity index (χ1) is 19.2. The van der Waals surface area contributed by atoms with E-state index in [1.54, 1.807) is 54.6 Å². The number of aromatic amines is 1. The number of ether oxygens (including phenoxy) is 1. The number of hydrazone groups is 1. The molecule has 0 saturated heterocycles. The topological polar surface area (TPSA) is 83.5 Å². The molecule has 5 rings (SSSR count). The highest BCUT2D eigenvalue weighted by Crippen LogP contribution is 2.40. The van der Waals surface area contributed by atoms with E-state index in [4.69, 9.17) is 39.5 Å². The Kier molecular flexibility index (Phi) is 8.63. The summed E-state index contributed by atoms with van der Waals surface area (Å²) in [5.74, 6) is -0.840. The largest absolute Gasteiger partial charge is 0.422 e. The van der Waals surface area contributed by atoms with Crippen LogP contribution in [0.1, 0.15) is 26.4 Å². The molecular weight excluding hydrogens is 705 g/mol. The summed E-state index contributed by atoms with van der Waals surface area (Å²) in [4.78, 5) is 29.2. The molecule has 5 aromatic rings. The van der Waals surface area contributed by atoms with Crippen LogP contribution in [0.25, 0.3) is 22.0 Å². The molecule has 1 heterocycles. The molecule has 0 radical (unpaired) electrons. The molecule has 4 aromatic carbocycles. The maximum Gasteiger partial charge on any atom is 0.343 e. The zero-order valence-corrected chi connectivity index (χ0v) is 25.6. The molecular formula is C29H16Br2Cl3N3O3. The number of nitrogens with zero attached hydrogens (tertiary/aromatic N) is 1. The average molecular weight is 721 g/mol. The number of esters is 1. The van der Waals surface area contributed by atoms with Crippen molar-refractivity contribution in [2.45, 2.75) is 0 Å². The maximum atomic E-state index is 13.4. The molecule has 1 aromatic heterocycles. The fraction of sp³-hybridized carbons (Fsp3) is 0. The number of hydrogen-bond acceptors (Lipinski definition) is 4. The minimum absolute atomic E-state index is 0.226. The predicted molar refractivity (Wildman–Crippen MR) is 167 cm³/mol. The summed E-state index contributed by atoms with van der Waals surface area (Å²) in [6, 6.07) is 22.2. The van der Waals surface area contributed by atoms with Gasteiger partial charge in [-0.05, 0) is 60.7 Å². The van der Waals surface area contributed by atoms with Crippen LogP contribution in [0.4, 0.5) is 0 Å². The van der Waals surface area contributed by atoms with Gasteiger partial charge in [-0.25, -0.2) is 10.2 Å². The number of carbonyl (C=O) groups is 2. The van der Waals surface area contributed by atoms with Crippen LogP contribution in [0.3, 0.4) is 0 Å². The molecule has 0 atom stereocenters. The Morgan fingerprint density at radius 1 is 0.875 bits per heavy atom. The van der Waals surface area contributed by atoms with Crippen molar-refractivity contribution in [1.82, 2.24) is 10.4 Å². The zero-order valence-electron chi connectivity index (χ0n) is 20.1. The highest BCUT2D eigenvalue weighted by molar-refractivity contribution is 9.10. The number of benzene rings is 4. The van der Waals surface area contributed by atoms with Crippen LogP contribution in [0, 0.1) is 0 Å². The van der Waals surface area contributed by atoms with Crippen LogP contribution in [0.15, 0.2) is 92.9 Å². The Morgan fingerprint density at radius 3 is 2.38 bits per heavy atom. The van der Waals surface area contributed by atoms with Gasteiger partial charge in [0.15, 0.2) is 0 Å². The number of fused-ring (bicyclic) bond motifs is 1. The number of amides is 1. The Hall–Kier alpha value is -3.14. The van der Waals surface area contributed by atoms with Gasteiger partial charge in [-0.2, -0.15) is 5.10 Å². The lowest BCUT2D eigenvalue weighted by Crippen LogP contribution is -2.19. The summed E-state index contributed by atoms with van der Waals surface area (Å²) in [6.45, 7) is 0. The molecule has 200 valence electrons. The third-order valence-electron chi connectivity index (χ3n) is 5.82. The molecule has 0 bridgehead atoms. The highest BCUT2D eigenvalue weighted by atomic mass is 79.9. The lowest BCUT2D eigenvalue weighted by atomic mass is 10.0. The van der Waals surface area contributed by atoms with Crippen molar-refractivity contribution in [1.29, 1.82) is 0 Å². The van der Waals surface area contributed by atoms with Crippen LogP contribution in [0.2, 0.25) is 15.1 Å². The van der Waals surface area contributed by atoms with Crippen molar-refractivity contribution in [2.24, 2.45) is 5.10 Å². The quantitative estimate of drug-likeness (QED) is 0.0794. The number of halogens is 5. The summed E-state index contributed by atoms with van der Waals surface area (Å²) < 4.78 is 7.05. The summed E-state index contributed by atoms with van der Waals surface area (Å²) in [6.07, 6.45) is 1.38. The second-order valence-electron chi connectivity index (χ2n) is 8.44. The summed E-state index contributed by atoms with van der Waals surface area (Å²) >= 11 is 25.8. The molecule has 40 heavy (non-hydrogen) atoms. The van der Waals surface area contributed by atoms with Gasteiger partial charge >= 0.3 is 5.97 Å². The minimum Gasteiger partial charge on any atom is -0.422 e. The molecule has 0 aliphatic heterocycles. The van der Waals surface area contributed by atoms with Crippen LogP contribution in [-0.2, 0) is 0 Å². The smallest absolute Gasteiger partial charge is 0.343 e. The van der Waals surface area contributed by atoms with Crippen LogP contribution >= 0.6 is 66.7 Å². The van der Waals surface area contributed by atoms with Gasteiger partial charge in [-0.15, -0.1) is 0 Å². The van der Waals surface area contributed by atoms with Gasteiger partial charge in [-0.3, -0.25) is 4.79 Å². The van der Waals surface area contributed by atoms with E-state index in [0.717, 1.165) is 8.95 Å². The van der Waals surface area contributed by atoms with Crippen molar-refractivity contribution in [3.8, 4) is 16.9 Å². The lowest BCUT2D eigenvalue weighted by Gasteiger charge is -2.09. The lowest BCUT2D eigenvalue weighted by molar-refractivity contribution is 0.0734. The van der Waals surface area contributed by atoms with E-state index in [0.29, 0.717) is 48.2 Å². The van der Waals surface area contributed by atoms with Gasteiger partial charge in [0.25, 0.3) is 5.91 Å². The Balaban J connectivity index is 1.45. The number of H-pyrrole nitrogens is 1. The molecule has 11 heteroatoms. The maximum absolute atomic E-state index is 13.4. The molecule has 6 nitrogen and oxygen atoms in total. The third kappa shape index (κ3) is 6.11. The second kappa shape index (κ2) is 12.2. The zero-order chi connectivity index (χ0) is 28.4. The van der Waals surface area contributed by atoms with E-state index in [-0.39, 0.29) is 11.4 Å². The van der Waals surface area contributed by atoms with E-state index in [2.05, 4.69) is 47.4 Å². The fourth-order valence-electron chi connectivity index (χ4n) is 4.01. The highest BCUT2D eigenvalue weighted by Gasteiger charge is 2.22. The first-order valence-corrected chi connectivity index (χ1v) is 14.3. The molecule has 1 amide bonds. The van der Waals surface area contributed by atoms with Gasteiger partial charge in [0.1, 0.15) is 11.4 Å². The molecule has 2 N–H and O–H groups in total. The Labute approximate surface area is 260 Å². The van der Waals surface area contributed by atoms with Crippen molar-refractivity contribution in [3.63, 3.8) is 0 Å². The van der Waals surface area contributed by atoms with E-state index in [1.807, 2.05) is 24.3 Å². The van der Waals surface area contributed by atoms with E-state index in [1.165, 1.54) is 6.21 Å². The normalized spacial score (nSPS) is 11.2. The number of hydrogen-bond donors (Lipinski definition) is 2. The number of rotatable bonds is 6. The van der Waals surface area contributed by atoms with Gasteiger partial charge in [0, 0.05) is 41.1 Å². The SMILES string of the molecule is O=C(Oc1ccc(Br)cc1C=NNC(=O)c1[nH]c2c(Cl)cc(Br)cc2c1-c1ccccc1Cl)c1ccc(Cl)cc1. The fourth-order valence-corrected chi connectivity index (χ4v) is 5.60. The number of aromatic nitrogens is 1. The first kappa shape index (κ1) is 28.4. The van der Waals surface area contributed by atoms with E-state index < -0.39 is 11.9 Å². The molecule has 0 spiro atoms. The molecule has 0 unspecified atom stereocenters. The standard InChI is InChI=1S/C29H16Br2Cl3N3O3/c30-17-7-10-24(40-29(39)15-5-8-19(32)9-6-15)16(11-17)14-35-37-28(38)27-25(20-3-1-2-4-22(20)33)21-12-18(31)13-23(34)26(21)36-27/h1-14,36H,(H,37,38). The first-order valence-electron chi connectivity index (χ1n) is 11.6. The Bertz CT molecular complexity index is 1800. The monoisotopic (exact) mass is 717 g/mol. The third-order valence-corrected chi connectivity index (χ3v) is 7.65. The van der Waals surface area contributed by atoms with Gasteiger partial charge < -0.3 is 9.72 Å². The number of nitrogens with one attached hydrogen (secondary N) is 2. The summed E-state index contributed by atoms with van der Waals surface area (Å²) in [7, 11) is 0. The van der Waals surface area contributed by atoms with Crippen molar-refractivity contribution < 1.29 is 14.3 Å². The van der Waals surface area contributed by atoms with Crippen LogP contribution < -0.4 is 10.2 Å². The van der Waals surface area contributed by atoms with Crippen molar-refractivity contribution in [2.75, 3.05) is 0 Å². The van der Waals surface area contributed by atoms with Crippen molar-refractivity contribution >= 4 is 95.7 Å². The molecule has 0 aliphatic rings. The summed E-state index contributed by atoms with van der Waals surface area (Å²) in [5.41, 5.74) is 5.37. The molecule has 0 fully saturated rings. The average Bonchev–Trinajstić information content (AvgIpc) is 3.30. The second-order valence-corrected chi connectivity index (χ2v) is 11.5. The van der Waals surface area contributed by atoms with E-state index >= 15 is 0 Å². The van der Waals surface area contributed by atoms with Gasteiger partial charge in [0.2, 0.25) is 0 Å². The molecule has 0 saturated carbocycles. The van der Waals surface area contributed by atoms with Gasteiger partial charge in [-0.1, -0.05) is 84.9 Å². The number of carbonyl (C=O) groups excluding carboxylic acids is 2. The van der Waals surface area contributed by atoms with Crippen molar-refractivity contribution in [3.05, 3.63) is 120 Å². The van der Waals surface area contributed by atoms with Crippen LogP contribution in [0.5, 0.6) is 5.75 Å². The summed E-state index contributed by atoms with van der Waals surface area (Å²) in [5, 5.41) is 6.25. The van der Waals surface area contributed by atoms with E-state index in [9.17, 15) is 9.59 Å². The Morgan fingerprint density at radius 2 is 1.62 bits per heavy atom. The van der Waals surface area contributed by atoms with Crippen LogP contribution in [-0.4, -0.2) is 23.1 Å². The van der Waals surface area contributed by atoms with Gasteiger partial charge in [0.05, 0.1) is 22.3 Å². The minimum atomic E-state index is -0.567. The predicted octanol–water partition coefficient (Wildman–Crippen LogP) is 9.30.